The average molecular weight is 490 g/mol. The fraction of sp³-hybridized carbons (Fsp3) is 0.577. The molecule has 4 rings (SSSR count). The molecule has 2 aromatic rings. The van der Waals surface area contributed by atoms with Gasteiger partial charge in [-0.25, -0.2) is 9.97 Å². The zero-order chi connectivity index (χ0) is 24.8. The number of nitrogens with zero attached hydrogens (tertiary/aromatic N) is 4. The summed E-state index contributed by atoms with van der Waals surface area (Å²) in [6, 6.07) is 4.81. The molecule has 9 heteroatoms. The second kappa shape index (κ2) is 11.4. The minimum Gasteiger partial charge on any atom is -0.368 e. The standard InChI is InChI=1S/C26H34F3N5O/c27-26(28,29)20-10-7-9-19(17-20)21-18-31-25(30)32-24(21)22-11-3-6-16-34(22)23(35)12-8-15-33-13-4-1-2-5-14-33/h7,9-10,17-18,22H,1-6,8,11-16H2,(H2,30,31,32). The molecule has 0 spiro atoms. The van der Waals surface area contributed by atoms with Crippen molar-refractivity contribution in [3.05, 3.63) is 41.7 Å². The summed E-state index contributed by atoms with van der Waals surface area (Å²) in [6.07, 6.45) is 5.77. The van der Waals surface area contributed by atoms with Gasteiger partial charge in [-0.2, -0.15) is 13.2 Å². The predicted octanol–water partition coefficient (Wildman–Crippen LogP) is 5.45. The Kier molecular flexibility index (Phi) is 8.26. The van der Waals surface area contributed by atoms with Crippen molar-refractivity contribution in [1.29, 1.82) is 0 Å². The highest BCUT2D eigenvalue weighted by Crippen LogP contribution is 2.38. The molecule has 1 aromatic heterocycles. The molecular weight excluding hydrogens is 455 g/mol. The summed E-state index contributed by atoms with van der Waals surface area (Å²) in [4.78, 5) is 26.1. The summed E-state index contributed by atoms with van der Waals surface area (Å²) in [5.41, 5.74) is 6.54. The van der Waals surface area contributed by atoms with Crippen LogP contribution in [0.3, 0.4) is 0 Å². The number of piperidine rings is 1. The maximum atomic E-state index is 13.3. The van der Waals surface area contributed by atoms with E-state index in [0.717, 1.165) is 51.0 Å². The van der Waals surface area contributed by atoms with Crippen LogP contribution in [0.25, 0.3) is 11.1 Å². The first-order chi connectivity index (χ1) is 16.8. The van der Waals surface area contributed by atoms with Crippen LogP contribution in [-0.4, -0.2) is 51.9 Å². The van der Waals surface area contributed by atoms with E-state index in [9.17, 15) is 18.0 Å². The number of carbonyl (C=O) groups is 1. The van der Waals surface area contributed by atoms with Crippen LogP contribution < -0.4 is 5.73 Å². The van der Waals surface area contributed by atoms with Crippen LogP contribution in [0.1, 0.15) is 75.1 Å². The molecule has 2 saturated heterocycles. The number of halogens is 3. The molecule has 1 unspecified atom stereocenters. The van der Waals surface area contributed by atoms with E-state index in [-0.39, 0.29) is 17.9 Å². The van der Waals surface area contributed by atoms with Gasteiger partial charge in [0.25, 0.3) is 0 Å². The van der Waals surface area contributed by atoms with Gasteiger partial charge in [0.2, 0.25) is 11.9 Å². The fourth-order valence-electron chi connectivity index (χ4n) is 5.22. The molecule has 1 atom stereocenters. The van der Waals surface area contributed by atoms with E-state index in [4.69, 9.17) is 5.73 Å². The van der Waals surface area contributed by atoms with E-state index in [1.807, 2.05) is 4.90 Å². The number of benzene rings is 1. The number of carbonyl (C=O) groups excluding carboxylic acids is 1. The number of nitrogens with two attached hydrogens (primary N) is 1. The molecule has 0 aliphatic carbocycles. The Morgan fingerprint density at radius 3 is 2.54 bits per heavy atom. The third-order valence-corrected chi connectivity index (χ3v) is 7.04. The molecule has 190 valence electrons. The highest BCUT2D eigenvalue weighted by Gasteiger charge is 2.33. The summed E-state index contributed by atoms with van der Waals surface area (Å²) in [5.74, 6) is 0.117. The topological polar surface area (TPSA) is 75.3 Å². The molecule has 1 aromatic carbocycles. The van der Waals surface area contributed by atoms with E-state index in [2.05, 4.69) is 14.9 Å². The first-order valence-electron chi connectivity index (χ1n) is 12.6. The fourth-order valence-corrected chi connectivity index (χ4v) is 5.22. The number of alkyl halides is 3. The van der Waals surface area contributed by atoms with Crippen molar-refractivity contribution >= 4 is 11.9 Å². The summed E-state index contributed by atoms with van der Waals surface area (Å²) in [7, 11) is 0. The lowest BCUT2D eigenvalue weighted by molar-refractivity contribution is -0.137. The second-order valence-electron chi connectivity index (χ2n) is 9.56. The molecule has 3 heterocycles. The second-order valence-corrected chi connectivity index (χ2v) is 9.56. The Balaban J connectivity index is 1.53. The van der Waals surface area contributed by atoms with Crippen molar-refractivity contribution in [2.24, 2.45) is 0 Å². The Hall–Kier alpha value is -2.68. The van der Waals surface area contributed by atoms with Crippen molar-refractivity contribution in [3.63, 3.8) is 0 Å². The van der Waals surface area contributed by atoms with E-state index < -0.39 is 11.7 Å². The van der Waals surface area contributed by atoms with E-state index >= 15 is 0 Å². The summed E-state index contributed by atoms with van der Waals surface area (Å²) < 4.78 is 40.0. The number of nitrogen functional groups attached to an aromatic ring is 1. The number of aromatic nitrogens is 2. The molecule has 0 saturated carbocycles. The average Bonchev–Trinajstić information content (AvgIpc) is 3.12. The molecular formula is C26H34F3N5O. The van der Waals surface area contributed by atoms with Crippen molar-refractivity contribution in [1.82, 2.24) is 19.8 Å². The summed E-state index contributed by atoms with van der Waals surface area (Å²) in [5, 5.41) is 0. The number of rotatable bonds is 6. The van der Waals surface area contributed by atoms with Gasteiger partial charge in [0.05, 0.1) is 17.3 Å². The van der Waals surface area contributed by atoms with Crippen LogP contribution in [0, 0.1) is 0 Å². The van der Waals surface area contributed by atoms with Gasteiger partial charge >= 0.3 is 6.18 Å². The molecule has 35 heavy (non-hydrogen) atoms. The smallest absolute Gasteiger partial charge is 0.368 e. The van der Waals surface area contributed by atoms with Crippen molar-refractivity contribution in [3.8, 4) is 11.1 Å². The number of hydrogen-bond acceptors (Lipinski definition) is 5. The van der Waals surface area contributed by atoms with Crippen molar-refractivity contribution < 1.29 is 18.0 Å². The van der Waals surface area contributed by atoms with Gasteiger partial charge < -0.3 is 15.5 Å². The molecule has 2 N–H and O–H groups in total. The number of amides is 1. The third-order valence-electron chi connectivity index (χ3n) is 7.04. The Morgan fingerprint density at radius 1 is 1.06 bits per heavy atom. The summed E-state index contributed by atoms with van der Waals surface area (Å²) in [6.45, 7) is 3.72. The molecule has 2 aliphatic heterocycles. The molecule has 0 radical (unpaired) electrons. The van der Waals surface area contributed by atoms with Crippen LogP contribution in [0.4, 0.5) is 19.1 Å². The largest absolute Gasteiger partial charge is 0.416 e. The van der Waals surface area contributed by atoms with Gasteiger partial charge in [0, 0.05) is 24.7 Å². The van der Waals surface area contributed by atoms with Crippen molar-refractivity contribution in [2.45, 2.75) is 70.0 Å². The lowest BCUT2D eigenvalue weighted by atomic mass is 9.93. The van der Waals surface area contributed by atoms with Crippen LogP contribution in [0.15, 0.2) is 30.5 Å². The van der Waals surface area contributed by atoms with Gasteiger partial charge in [-0.05, 0) is 75.9 Å². The van der Waals surface area contributed by atoms with Crippen LogP contribution in [0.2, 0.25) is 0 Å². The Bertz CT molecular complexity index is 1000. The predicted molar refractivity (Wildman–Crippen MR) is 129 cm³/mol. The normalized spacial score (nSPS) is 20.0. The van der Waals surface area contributed by atoms with Gasteiger partial charge in [-0.1, -0.05) is 25.0 Å². The zero-order valence-electron chi connectivity index (χ0n) is 20.1. The van der Waals surface area contributed by atoms with E-state index in [1.54, 1.807) is 6.07 Å². The lowest BCUT2D eigenvalue weighted by Gasteiger charge is -2.36. The van der Waals surface area contributed by atoms with Crippen LogP contribution in [-0.2, 0) is 11.0 Å². The quantitative estimate of drug-likeness (QED) is 0.584. The summed E-state index contributed by atoms with van der Waals surface area (Å²) >= 11 is 0. The number of likely N-dealkylation sites (tertiary alicyclic amines) is 2. The minimum absolute atomic E-state index is 0.0508. The van der Waals surface area contributed by atoms with Crippen LogP contribution in [0.5, 0.6) is 0 Å². The zero-order valence-corrected chi connectivity index (χ0v) is 20.1. The maximum absolute atomic E-state index is 13.3. The van der Waals surface area contributed by atoms with Gasteiger partial charge in [0.1, 0.15) is 0 Å². The molecule has 6 nitrogen and oxygen atoms in total. The lowest BCUT2D eigenvalue weighted by Crippen LogP contribution is -2.39. The number of hydrogen-bond donors (Lipinski definition) is 1. The molecule has 1 amide bonds. The van der Waals surface area contributed by atoms with E-state index in [1.165, 1.54) is 37.9 Å². The maximum Gasteiger partial charge on any atom is 0.416 e. The third kappa shape index (κ3) is 6.51. The van der Waals surface area contributed by atoms with E-state index in [0.29, 0.717) is 36.2 Å². The first kappa shape index (κ1) is 25.4. The highest BCUT2D eigenvalue weighted by atomic mass is 19.4. The van der Waals surface area contributed by atoms with Gasteiger partial charge in [-0.15, -0.1) is 0 Å². The van der Waals surface area contributed by atoms with Gasteiger partial charge in [0.15, 0.2) is 0 Å². The van der Waals surface area contributed by atoms with Gasteiger partial charge in [-0.3, -0.25) is 4.79 Å². The number of anilines is 1. The molecule has 0 bridgehead atoms. The minimum atomic E-state index is -4.45. The molecule has 2 aliphatic rings. The Labute approximate surface area is 204 Å². The monoisotopic (exact) mass is 489 g/mol. The van der Waals surface area contributed by atoms with Crippen LogP contribution >= 0.6 is 0 Å². The Morgan fingerprint density at radius 2 is 1.80 bits per heavy atom. The van der Waals surface area contributed by atoms with Crippen molar-refractivity contribution in [2.75, 3.05) is 31.9 Å². The molecule has 2 fully saturated rings. The first-order valence-corrected chi connectivity index (χ1v) is 12.6. The highest BCUT2D eigenvalue weighted by molar-refractivity contribution is 5.77. The SMILES string of the molecule is Nc1ncc(-c2cccc(C(F)(F)F)c2)c(C2CCCCN2C(=O)CCCN2CCCCCC2)n1.